The second kappa shape index (κ2) is 11.0. The molecule has 2 aromatic carbocycles. The van der Waals surface area contributed by atoms with Crippen molar-refractivity contribution in [3.8, 4) is 34.4 Å². The summed E-state index contributed by atoms with van der Waals surface area (Å²) in [6.45, 7) is 4.58. The van der Waals surface area contributed by atoms with Gasteiger partial charge < -0.3 is 23.8 Å². The standard InChI is InChI=1S/C29H31ClN4O5/c1-17(19-6-9-22(36-3)10-7-19)33-15-21(13-27(33)35)18(2)39-29-28-23(30)14-31-34(28)16-24(32-29)20-8-11-25(37-4)26(12-20)38-5/h6-12,14,16-18,21H,13,15H2,1-5H3/t17-,18-,21-/m1/s1. The fourth-order valence-corrected chi connectivity index (χ4v) is 5.16. The predicted octanol–water partition coefficient (Wildman–Crippen LogP) is 5.45. The van der Waals surface area contributed by atoms with Gasteiger partial charge in [-0.15, -0.1) is 0 Å². The van der Waals surface area contributed by atoms with Crippen LogP contribution in [0.4, 0.5) is 0 Å². The van der Waals surface area contributed by atoms with E-state index in [1.807, 2.05) is 61.2 Å². The van der Waals surface area contributed by atoms with Gasteiger partial charge in [-0.25, -0.2) is 9.50 Å². The Morgan fingerprint density at radius 1 is 1.00 bits per heavy atom. The first-order chi connectivity index (χ1) is 18.8. The molecule has 0 N–H and O–H groups in total. The summed E-state index contributed by atoms with van der Waals surface area (Å²) in [5.74, 6) is 2.41. The molecule has 204 valence electrons. The number of rotatable bonds is 9. The molecule has 0 aliphatic carbocycles. The number of halogens is 1. The van der Waals surface area contributed by atoms with Gasteiger partial charge in [0.05, 0.1) is 50.5 Å². The highest BCUT2D eigenvalue weighted by Gasteiger charge is 2.37. The van der Waals surface area contributed by atoms with Crippen molar-refractivity contribution in [2.75, 3.05) is 27.9 Å². The van der Waals surface area contributed by atoms with Gasteiger partial charge >= 0.3 is 0 Å². The molecule has 1 saturated heterocycles. The highest BCUT2D eigenvalue weighted by molar-refractivity contribution is 6.34. The summed E-state index contributed by atoms with van der Waals surface area (Å²) in [7, 11) is 4.81. The van der Waals surface area contributed by atoms with E-state index in [0.717, 1.165) is 16.9 Å². The van der Waals surface area contributed by atoms with Gasteiger partial charge in [-0.3, -0.25) is 4.79 Å². The fourth-order valence-electron chi connectivity index (χ4n) is 4.95. The van der Waals surface area contributed by atoms with Crippen LogP contribution in [0.15, 0.2) is 54.9 Å². The zero-order chi connectivity index (χ0) is 27.7. The van der Waals surface area contributed by atoms with E-state index in [-0.39, 0.29) is 24.0 Å². The summed E-state index contributed by atoms with van der Waals surface area (Å²) < 4.78 is 24.2. The molecule has 1 fully saturated rings. The van der Waals surface area contributed by atoms with Gasteiger partial charge in [-0.1, -0.05) is 23.7 Å². The molecule has 2 aromatic heterocycles. The molecule has 0 spiro atoms. The number of carbonyl (C=O) groups is 1. The number of hydrogen-bond acceptors (Lipinski definition) is 7. The molecule has 5 rings (SSSR count). The summed E-state index contributed by atoms with van der Waals surface area (Å²) in [4.78, 5) is 19.7. The Morgan fingerprint density at radius 3 is 2.44 bits per heavy atom. The quantitative estimate of drug-likeness (QED) is 0.274. The number of benzene rings is 2. The van der Waals surface area contributed by atoms with Crippen LogP contribution in [0.1, 0.15) is 31.9 Å². The molecule has 0 saturated carbocycles. The number of likely N-dealkylation sites (tertiary alicyclic amines) is 1. The summed E-state index contributed by atoms with van der Waals surface area (Å²) >= 11 is 6.47. The third-order valence-electron chi connectivity index (χ3n) is 7.31. The number of amides is 1. The van der Waals surface area contributed by atoms with Gasteiger partial charge in [-0.2, -0.15) is 5.10 Å². The highest BCUT2D eigenvalue weighted by Crippen LogP contribution is 2.36. The first kappa shape index (κ1) is 26.6. The monoisotopic (exact) mass is 550 g/mol. The van der Waals surface area contributed by atoms with Crippen molar-refractivity contribution in [1.82, 2.24) is 19.5 Å². The van der Waals surface area contributed by atoms with Gasteiger partial charge in [0.1, 0.15) is 17.4 Å². The summed E-state index contributed by atoms with van der Waals surface area (Å²) in [6.07, 6.45) is 3.44. The smallest absolute Gasteiger partial charge is 0.242 e. The molecule has 9 nitrogen and oxygen atoms in total. The Kier molecular flexibility index (Phi) is 7.52. The molecule has 1 aliphatic heterocycles. The van der Waals surface area contributed by atoms with E-state index in [0.29, 0.717) is 46.6 Å². The first-order valence-electron chi connectivity index (χ1n) is 12.7. The third kappa shape index (κ3) is 5.18. The second-order valence-corrected chi connectivity index (χ2v) is 9.98. The molecule has 39 heavy (non-hydrogen) atoms. The molecular formula is C29H31ClN4O5. The predicted molar refractivity (Wildman–Crippen MR) is 148 cm³/mol. The number of aromatic nitrogens is 3. The summed E-state index contributed by atoms with van der Waals surface area (Å²) in [5.41, 5.74) is 3.05. The van der Waals surface area contributed by atoms with E-state index in [9.17, 15) is 4.79 Å². The van der Waals surface area contributed by atoms with Crippen molar-refractivity contribution < 1.29 is 23.7 Å². The topological polar surface area (TPSA) is 87.4 Å². The molecule has 0 unspecified atom stereocenters. The van der Waals surface area contributed by atoms with Crippen LogP contribution in [-0.2, 0) is 4.79 Å². The van der Waals surface area contributed by atoms with Gasteiger partial charge in [0.2, 0.25) is 11.8 Å². The minimum absolute atomic E-state index is 0.0218. The number of ether oxygens (including phenoxy) is 4. The van der Waals surface area contributed by atoms with Crippen molar-refractivity contribution in [1.29, 1.82) is 0 Å². The van der Waals surface area contributed by atoms with Gasteiger partial charge in [0.25, 0.3) is 0 Å². The molecule has 1 amide bonds. The molecule has 1 aliphatic rings. The van der Waals surface area contributed by atoms with Crippen molar-refractivity contribution in [2.45, 2.75) is 32.4 Å². The van der Waals surface area contributed by atoms with Crippen LogP contribution >= 0.6 is 11.6 Å². The van der Waals surface area contributed by atoms with Crippen LogP contribution in [0.2, 0.25) is 5.02 Å². The van der Waals surface area contributed by atoms with E-state index in [4.69, 9.17) is 35.5 Å². The van der Waals surface area contributed by atoms with E-state index in [1.54, 1.807) is 38.2 Å². The lowest BCUT2D eigenvalue weighted by atomic mass is 10.0. The largest absolute Gasteiger partial charge is 0.497 e. The maximum absolute atomic E-state index is 13.0. The van der Waals surface area contributed by atoms with E-state index in [2.05, 4.69) is 5.10 Å². The Balaban J connectivity index is 1.39. The summed E-state index contributed by atoms with van der Waals surface area (Å²) in [5, 5.41) is 4.81. The maximum Gasteiger partial charge on any atom is 0.242 e. The van der Waals surface area contributed by atoms with Crippen molar-refractivity contribution in [3.63, 3.8) is 0 Å². The van der Waals surface area contributed by atoms with Crippen LogP contribution in [-0.4, -0.2) is 59.4 Å². The number of hydrogen-bond donors (Lipinski definition) is 0. The van der Waals surface area contributed by atoms with Crippen LogP contribution < -0.4 is 18.9 Å². The van der Waals surface area contributed by atoms with Gasteiger partial charge in [0, 0.05) is 24.4 Å². The van der Waals surface area contributed by atoms with Crippen LogP contribution in [0, 0.1) is 5.92 Å². The Morgan fingerprint density at radius 2 is 1.74 bits per heavy atom. The molecule has 10 heteroatoms. The molecule has 4 aromatic rings. The lowest BCUT2D eigenvalue weighted by Crippen LogP contribution is -2.31. The van der Waals surface area contributed by atoms with Crippen molar-refractivity contribution in [2.24, 2.45) is 5.92 Å². The Hall–Kier alpha value is -3.98. The summed E-state index contributed by atoms with van der Waals surface area (Å²) in [6, 6.07) is 13.3. The number of carbonyl (C=O) groups excluding carboxylic acids is 1. The maximum atomic E-state index is 13.0. The van der Waals surface area contributed by atoms with E-state index in [1.165, 1.54) is 0 Å². The third-order valence-corrected chi connectivity index (χ3v) is 7.59. The zero-order valence-electron chi connectivity index (χ0n) is 22.6. The Labute approximate surface area is 232 Å². The molecule has 0 bridgehead atoms. The van der Waals surface area contributed by atoms with Gasteiger partial charge in [-0.05, 0) is 49.7 Å². The normalized spacial score (nSPS) is 16.8. The average molecular weight is 551 g/mol. The fraction of sp³-hybridized carbons (Fsp3) is 0.345. The molecule has 3 heterocycles. The Bertz CT molecular complexity index is 1490. The van der Waals surface area contributed by atoms with Gasteiger partial charge in [0.15, 0.2) is 11.5 Å². The van der Waals surface area contributed by atoms with Crippen molar-refractivity contribution in [3.05, 3.63) is 65.4 Å². The average Bonchev–Trinajstić information content (AvgIpc) is 3.54. The number of nitrogens with zero attached hydrogens (tertiary/aromatic N) is 4. The van der Waals surface area contributed by atoms with E-state index < -0.39 is 0 Å². The van der Waals surface area contributed by atoms with Crippen LogP contribution in [0.3, 0.4) is 0 Å². The van der Waals surface area contributed by atoms with Crippen LogP contribution in [0.5, 0.6) is 23.1 Å². The lowest BCUT2D eigenvalue weighted by molar-refractivity contribution is -0.129. The molecular weight excluding hydrogens is 520 g/mol. The van der Waals surface area contributed by atoms with E-state index >= 15 is 0 Å². The second-order valence-electron chi connectivity index (χ2n) is 9.57. The number of methoxy groups -OCH3 is 3. The lowest BCUT2D eigenvalue weighted by Gasteiger charge is -2.26. The SMILES string of the molecule is COc1ccc([C@@H](C)N2C[C@H]([C@@H](C)Oc3nc(-c4ccc(OC)c(OC)c4)cn4ncc(Cl)c34)CC2=O)cc1. The first-order valence-corrected chi connectivity index (χ1v) is 13.1. The van der Waals surface area contributed by atoms with Crippen molar-refractivity contribution >= 4 is 23.0 Å². The minimum atomic E-state index is -0.301. The molecule has 0 radical (unpaired) electrons. The van der Waals surface area contributed by atoms with Crippen LogP contribution in [0.25, 0.3) is 16.8 Å². The highest BCUT2D eigenvalue weighted by atomic mass is 35.5. The molecule has 3 atom stereocenters. The zero-order valence-corrected chi connectivity index (χ0v) is 23.3. The number of fused-ring (bicyclic) bond motifs is 1. The minimum Gasteiger partial charge on any atom is -0.497 e.